The van der Waals surface area contributed by atoms with E-state index in [1.165, 1.54) is 0 Å². The smallest absolute Gasteiger partial charge is 0.233 e. The molecule has 0 saturated heterocycles. The van der Waals surface area contributed by atoms with Crippen LogP contribution < -0.4 is 4.72 Å². The molecule has 0 spiro atoms. The molecule has 1 fully saturated rings. The van der Waals surface area contributed by atoms with E-state index in [0.717, 1.165) is 29.4 Å². The Morgan fingerprint density at radius 2 is 1.95 bits per heavy atom. The maximum absolute atomic E-state index is 11.9. The average Bonchev–Trinajstić information content (AvgIpc) is 3.21. The van der Waals surface area contributed by atoms with Crippen molar-refractivity contribution in [1.29, 1.82) is 0 Å². The summed E-state index contributed by atoms with van der Waals surface area (Å²) in [4.78, 5) is 0. The first kappa shape index (κ1) is 15.2. The Balaban J connectivity index is 1.94. The molecular weight excluding hydrogens is 274 g/mol. The number of hydrogen-bond donors (Lipinski definition) is 2. The van der Waals surface area contributed by atoms with E-state index < -0.39 is 15.6 Å². The van der Waals surface area contributed by atoms with Gasteiger partial charge in [-0.25, -0.2) is 13.1 Å². The van der Waals surface area contributed by atoms with Crippen molar-refractivity contribution in [1.82, 2.24) is 4.72 Å². The third kappa shape index (κ3) is 4.44. The van der Waals surface area contributed by atoms with Crippen LogP contribution in [0, 0.1) is 12.8 Å². The molecule has 0 radical (unpaired) electrons. The predicted octanol–water partition coefficient (Wildman–Crippen LogP) is 2.05. The fraction of sp³-hybridized carbons (Fsp3) is 0.467. The summed E-state index contributed by atoms with van der Waals surface area (Å²) in [5, 5.41) is 11.2. The van der Waals surface area contributed by atoms with Crippen molar-refractivity contribution in [3.63, 3.8) is 0 Å². The zero-order valence-corrected chi connectivity index (χ0v) is 12.7. The first-order valence-electron chi connectivity index (χ1n) is 6.75. The number of sulfonamides is 1. The molecule has 1 aliphatic rings. The predicted molar refractivity (Wildman–Crippen MR) is 80.5 cm³/mol. The van der Waals surface area contributed by atoms with E-state index in [2.05, 4.69) is 4.72 Å². The highest BCUT2D eigenvalue weighted by atomic mass is 32.2. The Morgan fingerprint density at radius 3 is 2.50 bits per heavy atom. The van der Waals surface area contributed by atoms with E-state index in [-0.39, 0.29) is 12.5 Å². The van der Waals surface area contributed by atoms with Crippen LogP contribution in [-0.2, 0) is 10.0 Å². The van der Waals surface area contributed by atoms with Crippen molar-refractivity contribution in [2.45, 2.75) is 32.3 Å². The first-order chi connectivity index (χ1) is 9.28. The number of aliphatic hydroxyl groups is 1. The van der Waals surface area contributed by atoms with Gasteiger partial charge in [0.25, 0.3) is 0 Å². The normalized spacial score (nSPS) is 19.1. The lowest BCUT2D eigenvalue weighted by molar-refractivity contribution is 0.0423. The van der Waals surface area contributed by atoms with E-state index in [0.29, 0.717) is 0 Å². The van der Waals surface area contributed by atoms with Crippen LogP contribution in [0.2, 0.25) is 0 Å². The van der Waals surface area contributed by atoms with Crippen molar-refractivity contribution < 1.29 is 13.5 Å². The molecule has 4 nitrogen and oxygen atoms in total. The Kier molecular flexibility index (Phi) is 4.32. The molecular formula is C15H21NO3S. The zero-order chi connectivity index (χ0) is 14.8. The fourth-order valence-corrected chi connectivity index (χ4v) is 2.92. The molecule has 1 aromatic carbocycles. The van der Waals surface area contributed by atoms with Crippen LogP contribution in [0.4, 0.5) is 0 Å². The van der Waals surface area contributed by atoms with Crippen molar-refractivity contribution in [2.24, 2.45) is 5.92 Å². The molecule has 1 saturated carbocycles. The van der Waals surface area contributed by atoms with Gasteiger partial charge in [-0.2, -0.15) is 0 Å². The summed E-state index contributed by atoms with van der Waals surface area (Å²) >= 11 is 0. The second-order valence-electron chi connectivity index (χ2n) is 5.71. The monoisotopic (exact) mass is 295 g/mol. The van der Waals surface area contributed by atoms with Gasteiger partial charge in [-0.3, -0.25) is 0 Å². The van der Waals surface area contributed by atoms with Crippen LogP contribution in [-0.4, -0.2) is 25.7 Å². The van der Waals surface area contributed by atoms with Crippen LogP contribution in [0.5, 0.6) is 0 Å². The van der Waals surface area contributed by atoms with Crippen molar-refractivity contribution in [3.05, 3.63) is 40.8 Å². The largest absolute Gasteiger partial charge is 0.389 e. The molecule has 0 aromatic heterocycles. The molecule has 1 unspecified atom stereocenters. The zero-order valence-electron chi connectivity index (χ0n) is 11.8. The molecule has 2 N–H and O–H groups in total. The lowest BCUT2D eigenvalue weighted by Crippen LogP contribution is -2.41. The van der Waals surface area contributed by atoms with E-state index in [9.17, 15) is 13.5 Å². The van der Waals surface area contributed by atoms with Gasteiger partial charge in [-0.1, -0.05) is 29.8 Å². The Bertz CT molecular complexity index is 584. The van der Waals surface area contributed by atoms with Gasteiger partial charge in [0.2, 0.25) is 10.0 Å². The number of aryl methyl sites for hydroxylation is 1. The molecule has 20 heavy (non-hydrogen) atoms. The van der Waals surface area contributed by atoms with Crippen molar-refractivity contribution >= 4 is 16.1 Å². The summed E-state index contributed by atoms with van der Waals surface area (Å²) in [6.07, 6.45) is 3.48. The fourth-order valence-electron chi connectivity index (χ4n) is 1.99. The summed E-state index contributed by atoms with van der Waals surface area (Å²) in [5.74, 6) is 0.214. The Morgan fingerprint density at radius 1 is 1.35 bits per heavy atom. The SMILES string of the molecule is Cc1ccc(/C=C/S(=O)(=O)NCC(C)(O)C2CC2)cc1. The summed E-state index contributed by atoms with van der Waals surface area (Å²) in [6.45, 7) is 3.71. The minimum absolute atomic E-state index is 0.0538. The van der Waals surface area contributed by atoms with Crippen LogP contribution in [0.15, 0.2) is 29.7 Å². The molecule has 0 bridgehead atoms. The summed E-state index contributed by atoms with van der Waals surface area (Å²) in [5.41, 5.74) is 1.00. The van der Waals surface area contributed by atoms with Gasteiger partial charge in [-0.05, 0) is 44.2 Å². The summed E-state index contributed by atoms with van der Waals surface area (Å²) < 4.78 is 26.1. The van der Waals surface area contributed by atoms with Crippen LogP contribution in [0.25, 0.3) is 6.08 Å². The molecule has 0 heterocycles. The molecule has 5 heteroatoms. The third-order valence-electron chi connectivity index (χ3n) is 3.61. The molecule has 0 aliphatic heterocycles. The van der Waals surface area contributed by atoms with Crippen LogP contribution in [0.1, 0.15) is 30.9 Å². The van der Waals surface area contributed by atoms with E-state index in [1.54, 1.807) is 13.0 Å². The second kappa shape index (κ2) is 5.68. The minimum atomic E-state index is -3.52. The second-order valence-corrected chi connectivity index (χ2v) is 7.36. The maximum atomic E-state index is 11.9. The van der Waals surface area contributed by atoms with Crippen LogP contribution >= 0.6 is 0 Å². The van der Waals surface area contributed by atoms with Gasteiger partial charge in [-0.15, -0.1) is 0 Å². The molecule has 1 atom stereocenters. The lowest BCUT2D eigenvalue weighted by atomic mass is 10.0. The number of nitrogens with one attached hydrogen (secondary N) is 1. The molecule has 1 aromatic rings. The van der Waals surface area contributed by atoms with E-state index >= 15 is 0 Å². The standard InChI is InChI=1S/C15H21NO3S/c1-12-3-5-13(6-4-12)9-10-20(18,19)16-11-15(2,17)14-7-8-14/h3-6,9-10,14,16-17H,7-8,11H2,1-2H3/b10-9+. The summed E-state index contributed by atoms with van der Waals surface area (Å²) in [7, 11) is -3.52. The topological polar surface area (TPSA) is 66.4 Å². The molecule has 1 aliphatic carbocycles. The van der Waals surface area contributed by atoms with E-state index in [1.807, 2.05) is 31.2 Å². The first-order valence-corrected chi connectivity index (χ1v) is 8.30. The quantitative estimate of drug-likeness (QED) is 0.844. The van der Waals surface area contributed by atoms with Gasteiger partial charge in [0.1, 0.15) is 0 Å². The Labute approximate surface area is 120 Å². The van der Waals surface area contributed by atoms with Gasteiger partial charge in [0, 0.05) is 12.0 Å². The average molecular weight is 295 g/mol. The number of hydrogen-bond acceptors (Lipinski definition) is 3. The third-order valence-corrected chi connectivity index (χ3v) is 4.65. The maximum Gasteiger partial charge on any atom is 0.233 e. The van der Waals surface area contributed by atoms with E-state index in [4.69, 9.17) is 0 Å². The lowest BCUT2D eigenvalue weighted by Gasteiger charge is -2.22. The minimum Gasteiger partial charge on any atom is -0.389 e. The van der Waals surface area contributed by atoms with Crippen LogP contribution in [0.3, 0.4) is 0 Å². The molecule has 110 valence electrons. The van der Waals surface area contributed by atoms with Gasteiger partial charge in [0.05, 0.1) is 5.60 Å². The van der Waals surface area contributed by atoms with Gasteiger partial charge >= 0.3 is 0 Å². The van der Waals surface area contributed by atoms with Crippen molar-refractivity contribution in [2.75, 3.05) is 6.54 Å². The Hall–Kier alpha value is -1.17. The highest BCUT2D eigenvalue weighted by Gasteiger charge is 2.40. The highest BCUT2D eigenvalue weighted by molar-refractivity contribution is 7.92. The summed E-state index contributed by atoms with van der Waals surface area (Å²) in [6, 6.07) is 7.58. The molecule has 0 amide bonds. The van der Waals surface area contributed by atoms with Gasteiger partial charge in [0.15, 0.2) is 0 Å². The number of rotatable bonds is 6. The van der Waals surface area contributed by atoms with Gasteiger partial charge < -0.3 is 5.11 Å². The van der Waals surface area contributed by atoms with Crippen molar-refractivity contribution in [3.8, 4) is 0 Å². The highest BCUT2D eigenvalue weighted by Crippen LogP contribution is 2.39. The number of benzene rings is 1. The molecule has 2 rings (SSSR count).